The van der Waals surface area contributed by atoms with Crippen molar-refractivity contribution in [1.29, 1.82) is 0 Å². The largest absolute Gasteiger partial charge is 0.365 e. The van der Waals surface area contributed by atoms with Gasteiger partial charge < -0.3 is 10.2 Å². The van der Waals surface area contributed by atoms with Crippen LogP contribution in [0.25, 0.3) is 0 Å². The molecule has 0 aromatic heterocycles. The number of benzene rings is 1. The summed E-state index contributed by atoms with van der Waals surface area (Å²) in [5.41, 5.74) is 2.48. The molecule has 2 rings (SSSR count). The number of nitrogens with one attached hydrogen (secondary N) is 1. The van der Waals surface area contributed by atoms with Crippen molar-refractivity contribution in [2.24, 2.45) is 5.92 Å². The van der Waals surface area contributed by atoms with E-state index in [2.05, 4.69) is 44.0 Å². The van der Waals surface area contributed by atoms with Gasteiger partial charge in [-0.05, 0) is 37.8 Å². The van der Waals surface area contributed by atoms with E-state index < -0.39 is 0 Å². The molecule has 0 saturated carbocycles. The lowest BCUT2D eigenvalue weighted by molar-refractivity contribution is 0.355. The third-order valence-corrected chi connectivity index (χ3v) is 4.19. The number of halogens is 1. The zero-order valence-electron chi connectivity index (χ0n) is 12.4. The molecule has 2 atom stereocenters. The second-order valence-electron chi connectivity index (χ2n) is 6.14. The van der Waals surface area contributed by atoms with Crippen molar-refractivity contribution in [2.45, 2.75) is 46.2 Å². The molecule has 1 fully saturated rings. The lowest BCUT2D eigenvalue weighted by Crippen LogP contribution is -2.56. The molecule has 1 aliphatic rings. The van der Waals surface area contributed by atoms with Crippen LogP contribution in [0.1, 0.15) is 32.8 Å². The van der Waals surface area contributed by atoms with Gasteiger partial charge in [0, 0.05) is 25.2 Å². The lowest BCUT2D eigenvalue weighted by atomic mass is 9.99. The molecule has 1 aromatic rings. The predicted molar refractivity (Wildman–Crippen MR) is 84.2 cm³/mol. The minimum atomic E-state index is 0.488. The van der Waals surface area contributed by atoms with Crippen molar-refractivity contribution >= 4 is 17.3 Å². The average molecular weight is 281 g/mol. The van der Waals surface area contributed by atoms with Crippen molar-refractivity contribution in [3.63, 3.8) is 0 Å². The van der Waals surface area contributed by atoms with Gasteiger partial charge in [-0.3, -0.25) is 0 Å². The van der Waals surface area contributed by atoms with E-state index in [0.29, 0.717) is 12.1 Å². The molecule has 0 amide bonds. The van der Waals surface area contributed by atoms with E-state index in [9.17, 15) is 0 Å². The summed E-state index contributed by atoms with van der Waals surface area (Å²) in [5, 5.41) is 4.53. The fourth-order valence-corrected chi connectivity index (χ4v) is 3.29. The lowest BCUT2D eigenvalue weighted by Gasteiger charge is -2.42. The molecule has 19 heavy (non-hydrogen) atoms. The highest BCUT2D eigenvalue weighted by atomic mass is 35.5. The molecule has 1 aromatic carbocycles. The number of anilines is 1. The van der Waals surface area contributed by atoms with Crippen LogP contribution in [0.3, 0.4) is 0 Å². The Bertz CT molecular complexity index is 411. The fraction of sp³-hybridized carbons (Fsp3) is 0.625. The molecular formula is C16H25ClN2. The second-order valence-corrected chi connectivity index (χ2v) is 6.55. The number of para-hydroxylation sites is 1. The number of hydrogen-bond acceptors (Lipinski definition) is 2. The maximum atomic E-state index is 6.42. The highest BCUT2D eigenvalue weighted by Crippen LogP contribution is 2.32. The van der Waals surface area contributed by atoms with Crippen LogP contribution in [-0.2, 0) is 0 Å². The Balaban J connectivity index is 2.21. The normalized spacial score (nSPS) is 24.0. The molecule has 0 spiro atoms. The topological polar surface area (TPSA) is 15.3 Å². The molecule has 2 nitrogen and oxygen atoms in total. The maximum absolute atomic E-state index is 6.42. The first kappa shape index (κ1) is 14.7. The number of hydrogen-bond donors (Lipinski definition) is 1. The third-order valence-electron chi connectivity index (χ3n) is 3.88. The van der Waals surface area contributed by atoms with Gasteiger partial charge in [-0.25, -0.2) is 0 Å². The quantitative estimate of drug-likeness (QED) is 0.904. The van der Waals surface area contributed by atoms with Gasteiger partial charge >= 0.3 is 0 Å². The van der Waals surface area contributed by atoms with Crippen molar-refractivity contribution in [1.82, 2.24) is 5.32 Å². The van der Waals surface area contributed by atoms with Crippen molar-refractivity contribution in [3.8, 4) is 0 Å². The fourth-order valence-electron chi connectivity index (χ4n) is 2.95. The van der Waals surface area contributed by atoms with Crippen LogP contribution in [-0.4, -0.2) is 25.2 Å². The highest BCUT2D eigenvalue weighted by molar-refractivity contribution is 6.33. The Morgan fingerprint density at radius 2 is 2.16 bits per heavy atom. The smallest absolute Gasteiger partial charge is 0.0642 e. The van der Waals surface area contributed by atoms with Crippen LogP contribution >= 0.6 is 11.6 Å². The molecular weight excluding hydrogens is 256 g/mol. The minimum absolute atomic E-state index is 0.488. The van der Waals surface area contributed by atoms with Crippen LogP contribution in [0.15, 0.2) is 18.2 Å². The number of piperazine rings is 1. The predicted octanol–water partition coefficient (Wildman–Crippen LogP) is 3.86. The van der Waals surface area contributed by atoms with Crippen molar-refractivity contribution in [3.05, 3.63) is 28.8 Å². The van der Waals surface area contributed by atoms with Crippen molar-refractivity contribution < 1.29 is 0 Å². The average Bonchev–Trinajstić information content (AvgIpc) is 2.32. The molecule has 1 N–H and O–H groups in total. The first-order valence-corrected chi connectivity index (χ1v) is 7.62. The maximum Gasteiger partial charge on any atom is 0.0642 e. The summed E-state index contributed by atoms with van der Waals surface area (Å²) in [6, 6.07) is 7.22. The second kappa shape index (κ2) is 6.15. The van der Waals surface area contributed by atoms with E-state index in [-0.39, 0.29) is 0 Å². The molecule has 0 aliphatic carbocycles. The van der Waals surface area contributed by atoms with E-state index in [1.807, 2.05) is 12.1 Å². The highest BCUT2D eigenvalue weighted by Gasteiger charge is 2.27. The number of aryl methyl sites for hydroxylation is 1. The van der Waals surface area contributed by atoms with E-state index >= 15 is 0 Å². The summed E-state index contributed by atoms with van der Waals surface area (Å²) in [7, 11) is 0. The zero-order chi connectivity index (χ0) is 14.0. The molecule has 1 saturated heterocycles. The van der Waals surface area contributed by atoms with Crippen LogP contribution in [0.4, 0.5) is 5.69 Å². The van der Waals surface area contributed by atoms with Gasteiger partial charge in [0.05, 0.1) is 10.7 Å². The first-order chi connectivity index (χ1) is 8.99. The van der Waals surface area contributed by atoms with Gasteiger partial charge in [-0.1, -0.05) is 37.6 Å². The van der Waals surface area contributed by atoms with Gasteiger partial charge in [-0.2, -0.15) is 0 Å². The summed E-state index contributed by atoms with van der Waals surface area (Å²) in [6.07, 6.45) is 1.22. The number of nitrogens with zero attached hydrogens (tertiary/aromatic N) is 1. The molecule has 1 heterocycles. The summed E-state index contributed by atoms with van der Waals surface area (Å²) < 4.78 is 0. The molecule has 106 valence electrons. The Hall–Kier alpha value is -0.730. The van der Waals surface area contributed by atoms with Crippen LogP contribution in [0.2, 0.25) is 5.02 Å². The monoisotopic (exact) mass is 280 g/mol. The van der Waals surface area contributed by atoms with Gasteiger partial charge in [0.15, 0.2) is 0 Å². The molecule has 2 unspecified atom stereocenters. The van der Waals surface area contributed by atoms with Gasteiger partial charge in [0.1, 0.15) is 0 Å². The summed E-state index contributed by atoms with van der Waals surface area (Å²) >= 11 is 6.42. The zero-order valence-corrected chi connectivity index (χ0v) is 13.2. The molecule has 0 radical (unpaired) electrons. The van der Waals surface area contributed by atoms with Gasteiger partial charge in [0.25, 0.3) is 0 Å². The number of rotatable bonds is 3. The summed E-state index contributed by atoms with van der Waals surface area (Å²) in [4.78, 5) is 2.47. The first-order valence-electron chi connectivity index (χ1n) is 7.24. The van der Waals surface area contributed by atoms with E-state index in [1.54, 1.807) is 0 Å². The molecule has 1 aliphatic heterocycles. The van der Waals surface area contributed by atoms with E-state index in [1.165, 1.54) is 17.7 Å². The Kier molecular flexibility index (Phi) is 4.75. The van der Waals surface area contributed by atoms with Gasteiger partial charge in [-0.15, -0.1) is 0 Å². The van der Waals surface area contributed by atoms with E-state index in [0.717, 1.165) is 24.0 Å². The van der Waals surface area contributed by atoms with Crippen LogP contribution < -0.4 is 10.2 Å². The minimum Gasteiger partial charge on any atom is -0.365 e. The standard InChI is InChI=1S/C16H25ClN2/c1-11(2)8-14-10-19(13(4)9-18-14)16-12(3)6-5-7-15(16)17/h5-7,11,13-14,18H,8-10H2,1-4H3. The van der Waals surface area contributed by atoms with Crippen molar-refractivity contribution in [2.75, 3.05) is 18.0 Å². The van der Waals surface area contributed by atoms with Crippen LogP contribution in [0.5, 0.6) is 0 Å². The summed E-state index contributed by atoms with van der Waals surface area (Å²) in [6.45, 7) is 11.1. The third kappa shape index (κ3) is 3.43. The Morgan fingerprint density at radius 3 is 2.79 bits per heavy atom. The van der Waals surface area contributed by atoms with Crippen LogP contribution in [0, 0.1) is 12.8 Å². The Morgan fingerprint density at radius 1 is 1.42 bits per heavy atom. The Labute approximate surface area is 122 Å². The summed E-state index contributed by atoms with van der Waals surface area (Å²) in [5.74, 6) is 0.722. The van der Waals surface area contributed by atoms with E-state index in [4.69, 9.17) is 11.6 Å². The van der Waals surface area contributed by atoms with Gasteiger partial charge in [0.2, 0.25) is 0 Å². The SMILES string of the molecule is Cc1cccc(Cl)c1N1CC(CC(C)C)NCC1C. The molecule has 0 bridgehead atoms. The molecule has 3 heteroatoms.